The van der Waals surface area contributed by atoms with Crippen LogP contribution in [0.15, 0.2) is 30.3 Å². The molecule has 0 spiro atoms. The normalized spacial score (nSPS) is 16.4. The van der Waals surface area contributed by atoms with Gasteiger partial charge >= 0.3 is 5.97 Å². The van der Waals surface area contributed by atoms with E-state index < -0.39 is 5.97 Å². The first-order valence-corrected chi connectivity index (χ1v) is 7.50. The standard InChI is InChI=1S/C16H22N2O4/c19-15(17-10-16(20)21)11-18-8-6-14(7-9-18)22-12-13-4-2-1-3-5-13/h1-5,14H,6-12H2,(H,17,19)(H,20,21). The molecule has 0 saturated carbocycles. The van der Waals surface area contributed by atoms with Gasteiger partial charge in [-0.3, -0.25) is 14.5 Å². The van der Waals surface area contributed by atoms with E-state index in [1.807, 2.05) is 35.2 Å². The minimum Gasteiger partial charge on any atom is -0.480 e. The summed E-state index contributed by atoms with van der Waals surface area (Å²) in [4.78, 5) is 24.0. The Bertz CT molecular complexity index is 484. The first-order valence-electron chi connectivity index (χ1n) is 7.50. The van der Waals surface area contributed by atoms with Crippen molar-refractivity contribution in [1.29, 1.82) is 0 Å². The van der Waals surface area contributed by atoms with Crippen molar-refractivity contribution in [2.45, 2.75) is 25.6 Å². The number of ether oxygens (including phenoxy) is 1. The van der Waals surface area contributed by atoms with E-state index in [0.29, 0.717) is 6.61 Å². The molecular formula is C16H22N2O4. The summed E-state index contributed by atoms with van der Waals surface area (Å²) in [6.45, 7) is 2.12. The van der Waals surface area contributed by atoms with Crippen molar-refractivity contribution in [2.24, 2.45) is 0 Å². The lowest BCUT2D eigenvalue weighted by Gasteiger charge is -2.31. The van der Waals surface area contributed by atoms with E-state index in [0.717, 1.165) is 31.5 Å². The smallest absolute Gasteiger partial charge is 0.322 e. The topological polar surface area (TPSA) is 78.9 Å². The van der Waals surface area contributed by atoms with E-state index in [1.165, 1.54) is 0 Å². The molecule has 0 aromatic heterocycles. The van der Waals surface area contributed by atoms with Gasteiger partial charge in [-0.1, -0.05) is 30.3 Å². The highest BCUT2D eigenvalue weighted by Crippen LogP contribution is 2.15. The fourth-order valence-corrected chi connectivity index (χ4v) is 2.46. The number of hydrogen-bond donors (Lipinski definition) is 2. The number of carbonyl (C=O) groups is 2. The predicted octanol–water partition coefficient (Wildman–Crippen LogP) is 0.868. The number of nitrogens with one attached hydrogen (secondary N) is 1. The summed E-state index contributed by atoms with van der Waals surface area (Å²) in [5, 5.41) is 10.9. The summed E-state index contributed by atoms with van der Waals surface area (Å²) in [7, 11) is 0. The number of hydrogen-bond acceptors (Lipinski definition) is 4. The Morgan fingerprint density at radius 2 is 1.91 bits per heavy atom. The molecule has 1 aromatic rings. The predicted molar refractivity (Wildman–Crippen MR) is 81.3 cm³/mol. The van der Waals surface area contributed by atoms with Gasteiger partial charge in [0.15, 0.2) is 0 Å². The van der Waals surface area contributed by atoms with Crippen LogP contribution in [0.2, 0.25) is 0 Å². The van der Waals surface area contributed by atoms with Crippen molar-refractivity contribution >= 4 is 11.9 Å². The molecule has 1 aliphatic rings. The van der Waals surface area contributed by atoms with Crippen LogP contribution in [0.3, 0.4) is 0 Å². The number of carboxylic acids is 1. The Kier molecular flexibility index (Phi) is 6.36. The minimum absolute atomic E-state index is 0.221. The van der Waals surface area contributed by atoms with Crippen LogP contribution in [0, 0.1) is 0 Å². The molecule has 0 bridgehead atoms. The molecule has 0 aliphatic carbocycles. The maximum Gasteiger partial charge on any atom is 0.322 e. The lowest BCUT2D eigenvalue weighted by atomic mass is 10.1. The second kappa shape index (κ2) is 8.51. The Hall–Kier alpha value is -1.92. The molecule has 2 N–H and O–H groups in total. The summed E-state index contributed by atoms with van der Waals surface area (Å²) < 4.78 is 5.90. The molecule has 0 radical (unpaired) electrons. The molecule has 1 heterocycles. The van der Waals surface area contributed by atoms with Crippen molar-refractivity contribution in [3.05, 3.63) is 35.9 Å². The quantitative estimate of drug-likeness (QED) is 0.781. The number of piperidine rings is 1. The van der Waals surface area contributed by atoms with Crippen LogP contribution in [-0.4, -0.2) is 54.2 Å². The highest BCUT2D eigenvalue weighted by molar-refractivity contribution is 5.82. The van der Waals surface area contributed by atoms with Crippen LogP contribution in [0.25, 0.3) is 0 Å². The lowest BCUT2D eigenvalue weighted by Crippen LogP contribution is -2.44. The zero-order valence-electron chi connectivity index (χ0n) is 12.5. The lowest BCUT2D eigenvalue weighted by molar-refractivity contribution is -0.138. The van der Waals surface area contributed by atoms with Gasteiger partial charge < -0.3 is 15.2 Å². The van der Waals surface area contributed by atoms with Gasteiger partial charge in [0.2, 0.25) is 5.91 Å². The average Bonchev–Trinajstić information content (AvgIpc) is 2.53. The van der Waals surface area contributed by atoms with Crippen LogP contribution < -0.4 is 5.32 Å². The maximum atomic E-state index is 11.6. The van der Waals surface area contributed by atoms with E-state index in [-0.39, 0.29) is 25.1 Å². The third kappa shape index (κ3) is 5.83. The fraction of sp³-hybridized carbons (Fsp3) is 0.500. The molecule has 1 amide bonds. The molecule has 1 saturated heterocycles. The second-order valence-electron chi connectivity index (χ2n) is 5.44. The number of nitrogens with zero attached hydrogens (tertiary/aromatic N) is 1. The zero-order chi connectivity index (χ0) is 15.8. The third-order valence-electron chi connectivity index (χ3n) is 3.67. The number of aliphatic carboxylic acids is 1. The van der Waals surface area contributed by atoms with Crippen molar-refractivity contribution in [3.8, 4) is 0 Å². The third-order valence-corrected chi connectivity index (χ3v) is 3.67. The molecule has 6 heteroatoms. The van der Waals surface area contributed by atoms with E-state index >= 15 is 0 Å². The molecule has 6 nitrogen and oxygen atoms in total. The molecule has 22 heavy (non-hydrogen) atoms. The molecule has 1 aliphatic heterocycles. The van der Waals surface area contributed by atoms with Crippen molar-refractivity contribution < 1.29 is 19.4 Å². The van der Waals surface area contributed by atoms with Gasteiger partial charge in [0, 0.05) is 13.1 Å². The van der Waals surface area contributed by atoms with Gasteiger partial charge in [-0.05, 0) is 18.4 Å². The number of carbonyl (C=O) groups excluding carboxylic acids is 1. The van der Waals surface area contributed by atoms with Crippen LogP contribution in [-0.2, 0) is 20.9 Å². The maximum absolute atomic E-state index is 11.6. The minimum atomic E-state index is -1.03. The first-order chi connectivity index (χ1) is 10.6. The molecule has 1 fully saturated rings. The summed E-state index contributed by atoms with van der Waals surface area (Å²) in [5.74, 6) is -1.27. The molecular weight excluding hydrogens is 284 g/mol. The summed E-state index contributed by atoms with van der Waals surface area (Å²) in [5.41, 5.74) is 1.16. The van der Waals surface area contributed by atoms with Gasteiger partial charge in [0.25, 0.3) is 0 Å². The Morgan fingerprint density at radius 1 is 1.23 bits per heavy atom. The van der Waals surface area contributed by atoms with Gasteiger partial charge in [0.1, 0.15) is 6.54 Å². The van der Waals surface area contributed by atoms with Crippen molar-refractivity contribution in [3.63, 3.8) is 0 Å². The fourth-order valence-electron chi connectivity index (χ4n) is 2.46. The number of carboxylic acid groups (broad SMARTS) is 1. The van der Waals surface area contributed by atoms with Gasteiger partial charge in [-0.25, -0.2) is 0 Å². The van der Waals surface area contributed by atoms with Crippen LogP contribution in [0.4, 0.5) is 0 Å². The number of rotatable bonds is 7. The highest BCUT2D eigenvalue weighted by Gasteiger charge is 2.21. The number of benzene rings is 1. The Morgan fingerprint density at radius 3 is 2.55 bits per heavy atom. The first kappa shape index (κ1) is 16.5. The summed E-state index contributed by atoms with van der Waals surface area (Å²) in [6, 6.07) is 10.1. The summed E-state index contributed by atoms with van der Waals surface area (Å²) in [6.07, 6.45) is 2.00. The zero-order valence-corrected chi connectivity index (χ0v) is 12.5. The summed E-state index contributed by atoms with van der Waals surface area (Å²) >= 11 is 0. The van der Waals surface area contributed by atoms with E-state index in [4.69, 9.17) is 9.84 Å². The van der Waals surface area contributed by atoms with E-state index in [9.17, 15) is 9.59 Å². The molecule has 2 rings (SSSR count). The van der Waals surface area contributed by atoms with E-state index in [1.54, 1.807) is 0 Å². The molecule has 1 aromatic carbocycles. The van der Waals surface area contributed by atoms with Crippen LogP contribution >= 0.6 is 0 Å². The van der Waals surface area contributed by atoms with Crippen LogP contribution in [0.5, 0.6) is 0 Å². The Balaban J connectivity index is 1.63. The Labute approximate surface area is 130 Å². The largest absolute Gasteiger partial charge is 0.480 e. The molecule has 0 atom stereocenters. The van der Waals surface area contributed by atoms with Gasteiger partial charge in [-0.15, -0.1) is 0 Å². The second-order valence-corrected chi connectivity index (χ2v) is 5.44. The van der Waals surface area contributed by atoms with Crippen molar-refractivity contribution in [1.82, 2.24) is 10.2 Å². The molecule has 0 unspecified atom stereocenters. The number of amides is 1. The average molecular weight is 306 g/mol. The van der Waals surface area contributed by atoms with Crippen LogP contribution in [0.1, 0.15) is 18.4 Å². The van der Waals surface area contributed by atoms with E-state index in [2.05, 4.69) is 5.32 Å². The SMILES string of the molecule is O=C(O)CNC(=O)CN1CCC(OCc2ccccc2)CC1. The van der Waals surface area contributed by atoms with Gasteiger partial charge in [-0.2, -0.15) is 0 Å². The molecule has 120 valence electrons. The van der Waals surface area contributed by atoms with Gasteiger partial charge in [0.05, 0.1) is 19.3 Å². The number of likely N-dealkylation sites (tertiary alicyclic amines) is 1. The highest BCUT2D eigenvalue weighted by atomic mass is 16.5. The monoisotopic (exact) mass is 306 g/mol. The van der Waals surface area contributed by atoms with Crippen molar-refractivity contribution in [2.75, 3.05) is 26.2 Å².